The molecule has 2 aromatic rings. The molecule has 1 atom stereocenters. The Morgan fingerprint density at radius 2 is 2.06 bits per heavy atom. The van der Waals surface area contributed by atoms with Gasteiger partial charge < -0.3 is 16.0 Å². The van der Waals surface area contributed by atoms with Crippen LogP contribution in [0.1, 0.15) is 57.6 Å². The third-order valence-corrected chi connectivity index (χ3v) is 8.94. The molecule has 31 heavy (non-hydrogen) atoms. The van der Waals surface area contributed by atoms with Crippen molar-refractivity contribution in [1.29, 1.82) is 0 Å². The minimum absolute atomic E-state index is 0.00682. The summed E-state index contributed by atoms with van der Waals surface area (Å²) in [5.41, 5.74) is -0.274. The maximum atomic E-state index is 12.6. The first-order valence-electron chi connectivity index (χ1n) is 11.3. The Hall–Kier alpha value is -2.60. The van der Waals surface area contributed by atoms with E-state index in [2.05, 4.69) is 25.8 Å². The summed E-state index contributed by atoms with van der Waals surface area (Å²) in [4.78, 5) is 29.5. The zero-order valence-corrected chi connectivity index (χ0v) is 18.2. The lowest BCUT2D eigenvalue weighted by Crippen LogP contribution is -2.23. The molecule has 2 heterocycles. The van der Waals surface area contributed by atoms with Gasteiger partial charge in [0, 0.05) is 35.2 Å². The summed E-state index contributed by atoms with van der Waals surface area (Å²) < 4.78 is 46.6. The van der Waals surface area contributed by atoms with Crippen LogP contribution in [0.15, 0.2) is 10.3 Å². The summed E-state index contributed by atoms with van der Waals surface area (Å²) in [5, 5.41) is 15.7. The fraction of sp³-hybridized carbons (Fsp3) is 0.526. The van der Waals surface area contributed by atoms with Gasteiger partial charge in [-0.15, -0.1) is 21.5 Å². The van der Waals surface area contributed by atoms with Gasteiger partial charge in [0.25, 0.3) is 5.91 Å². The van der Waals surface area contributed by atoms with Crippen LogP contribution in [-0.2, 0) is 14.6 Å². The smallest absolute Gasteiger partial charge is 0.273 e. The monoisotopic (exact) mass is 465 g/mol. The number of thiazole rings is 1. The molecule has 2 aromatic heterocycles. The highest BCUT2D eigenvalue weighted by atomic mass is 32.2. The number of sulfone groups is 1. The highest BCUT2D eigenvalue weighted by Gasteiger charge is 2.65. The average molecular weight is 466 g/mol. The maximum absolute atomic E-state index is 12.6. The largest absolute Gasteiger partial charge is 0.354 e. The van der Waals surface area contributed by atoms with E-state index in [0.29, 0.717) is 5.01 Å². The van der Waals surface area contributed by atoms with E-state index < -0.39 is 22.7 Å². The van der Waals surface area contributed by atoms with Crippen molar-refractivity contribution >= 4 is 50.3 Å². The first-order chi connectivity index (χ1) is 15.8. The van der Waals surface area contributed by atoms with Gasteiger partial charge in [0.15, 0.2) is 31.4 Å². The molecule has 1 spiro atoms. The van der Waals surface area contributed by atoms with Crippen LogP contribution in [0, 0.1) is 11.3 Å². The number of nitrogens with one attached hydrogen (secondary N) is 3. The van der Waals surface area contributed by atoms with Crippen molar-refractivity contribution in [3.8, 4) is 0 Å². The van der Waals surface area contributed by atoms with Crippen molar-refractivity contribution in [1.82, 2.24) is 20.5 Å². The molecule has 0 aliphatic heterocycles. The van der Waals surface area contributed by atoms with E-state index in [-0.39, 0.29) is 50.4 Å². The van der Waals surface area contributed by atoms with Crippen LogP contribution in [0.25, 0.3) is 0 Å². The first-order valence-corrected chi connectivity index (χ1v) is 12.5. The summed E-state index contributed by atoms with van der Waals surface area (Å²) in [6.07, 6.45) is 5.77. The van der Waals surface area contributed by atoms with Crippen molar-refractivity contribution in [2.24, 2.45) is 11.3 Å². The van der Waals surface area contributed by atoms with Crippen molar-refractivity contribution in [3.05, 3.63) is 16.8 Å². The predicted molar refractivity (Wildman–Crippen MR) is 114 cm³/mol. The molecule has 3 aliphatic rings. The molecule has 0 radical (unpaired) electrons. The number of hydrogen-bond acceptors (Lipinski definition) is 9. The number of amides is 2. The van der Waals surface area contributed by atoms with E-state index >= 15 is 0 Å². The molecule has 10 nitrogen and oxygen atoms in total. The lowest BCUT2D eigenvalue weighted by molar-refractivity contribution is -0.117. The molecule has 0 saturated heterocycles. The van der Waals surface area contributed by atoms with E-state index in [1.54, 1.807) is 0 Å². The van der Waals surface area contributed by atoms with E-state index in [1.807, 2.05) is 5.32 Å². The number of carbonyl (C=O) groups is 2. The zero-order valence-electron chi connectivity index (χ0n) is 19.6. The van der Waals surface area contributed by atoms with Gasteiger partial charge in [-0.3, -0.25) is 9.59 Å². The van der Waals surface area contributed by atoms with Crippen molar-refractivity contribution in [3.63, 3.8) is 0 Å². The number of carbonyl (C=O) groups excluding carboxylic acids is 2. The lowest BCUT2D eigenvalue weighted by atomic mass is 10.2. The van der Waals surface area contributed by atoms with E-state index in [4.69, 9.17) is 4.11 Å². The molecular formula is C19H22N6O4S2. The highest BCUT2D eigenvalue weighted by Crippen LogP contribution is 2.70. The summed E-state index contributed by atoms with van der Waals surface area (Å²) in [6, 6.07) is 1.32. The van der Waals surface area contributed by atoms with Crippen LogP contribution in [0.4, 0.5) is 17.3 Å². The van der Waals surface area contributed by atoms with Gasteiger partial charge in [0.2, 0.25) is 5.91 Å². The molecule has 0 bridgehead atoms. The Morgan fingerprint density at radius 3 is 2.68 bits per heavy atom. The molecule has 3 saturated carbocycles. The number of anilines is 3. The van der Waals surface area contributed by atoms with Gasteiger partial charge in [0.1, 0.15) is 0 Å². The van der Waals surface area contributed by atoms with Gasteiger partial charge in [0.05, 0.1) is 10.7 Å². The maximum Gasteiger partial charge on any atom is 0.273 e. The molecule has 0 unspecified atom stereocenters. The summed E-state index contributed by atoms with van der Waals surface area (Å²) in [5.74, 6) is -1.05. The van der Waals surface area contributed by atoms with Crippen LogP contribution >= 0.6 is 11.3 Å². The van der Waals surface area contributed by atoms with Crippen molar-refractivity contribution < 1.29 is 22.1 Å². The minimum Gasteiger partial charge on any atom is -0.354 e. The van der Waals surface area contributed by atoms with Crippen LogP contribution in [0.3, 0.4) is 0 Å². The molecule has 3 N–H and O–H groups in total. The van der Waals surface area contributed by atoms with Gasteiger partial charge in [-0.25, -0.2) is 13.4 Å². The predicted octanol–water partition coefficient (Wildman–Crippen LogP) is 2.06. The SMILES string of the molecule is [2H]C([2H])([2H])NC(=O)c1nnc(NC(=O)[C@H]2CC23CC3)cc1Nc1nc(C2CC2)sc1S(C)(=O)=O. The Kier molecular flexibility index (Phi) is 3.82. The van der Waals surface area contributed by atoms with Gasteiger partial charge >= 0.3 is 0 Å². The lowest BCUT2D eigenvalue weighted by Gasteiger charge is -2.11. The second kappa shape index (κ2) is 6.95. The van der Waals surface area contributed by atoms with Crippen LogP contribution < -0.4 is 16.0 Å². The molecule has 5 rings (SSSR count). The molecule has 3 fully saturated rings. The third-order valence-electron chi connectivity index (χ3n) is 5.90. The second-order valence-corrected chi connectivity index (χ2v) is 11.7. The van der Waals surface area contributed by atoms with Crippen LogP contribution in [0.2, 0.25) is 0 Å². The Labute approximate surface area is 187 Å². The Balaban J connectivity index is 1.48. The quantitative estimate of drug-likeness (QED) is 0.564. The van der Waals surface area contributed by atoms with Gasteiger partial charge in [-0.2, -0.15) is 0 Å². The van der Waals surface area contributed by atoms with E-state index in [0.717, 1.165) is 49.7 Å². The standard InChI is InChI=1S/C19H22N6O4S2/c1-20-16(27)13-11(7-12(24-25-13)22-15(26)10-8-19(10)5-6-19)21-14-18(31(2,28)29)30-17(23-14)9-3-4-9/h7,9-10H,3-6,8H2,1-2H3,(H,20,27)(H2,21,22,24,26)/t10-/m1/s1/i1D3. The Bertz CT molecular complexity index is 1300. The molecule has 0 aromatic carbocycles. The number of rotatable bonds is 7. The first kappa shape index (κ1) is 17.0. The Morgan fingerprint density at radius 1 is 1.29 bits per heavy atom. The summed E-state index contributed by atoms with van der Waals surface area (Å²) >= 11 is 1.06. The van der Waals surface area contributed by atoms with E-state index in [9.17, 15) is 18.0 Å². The van der Waals surface area contributed by atoms with Crippen LogP contribution in [0.5, 0.6) is 0 Å². The summed E-state index contributed by atoms with van der Waals surface area (Å²) in [6.45, 7) is -2.77. The van der Waals surface area contributed by atoms with Gasteiger partial charge in [-0.1, -0.05) is 0 Å². The molecule has 164 valence electrons. The highest BCUT2D eigenvalue weighted by molar-refractivity contribution is 7.93. The van der Waals surface area contributed by atoms with Crippen molar-refractivity contribution in [2.75, 3.05) is 23.9 Å². The fourth-order valence-corrected chi connectivity index (χ4v) is 5.94. The number of nitrogens with zero attached hydrogens (tertiary/aromatic N) is 3. The topological polar surface area (TPSA) is 143 Å². The molecular weight excluding hydrogens is 440 g/mol. The third kappa shape index (κ3) is 3.89. The molecule has 2 amide bonds. The molecule has 12 heteroatoms. The van der Waals surface area contributed by atoms with E-state index in [1.165, 1.54) is 6.07 Å². The number of hydrogen-bond donors (Lipinski definition) is 3. The normalized spacial score (nSPS) is 22.7. The summed E-state index contributed by atoms with van der Waals surface area (Å²) in [7, 11) is -3.64. The average Bonchev–Trinajstić information content (AvgIpc) is 3.63. The fourth-order valence-electron chi connectivity index (χ4n) is 3.70. The second-order valence-electron chi connectivity index (χ2n) is 8.41. The van der Waals surface area contributed by atoms with Gasteiger partial charge in [-0.05, 0) is 37.5 Å². The molecule has 3 aliphatic carbocycles. The van der Waals surface area contributed by atoms with Crippen LogP contribution in [-0.4, -0.2) is 48.6 Å². The zero-order chi connectivity index (χ0) is 24.5. The van der Waals surface area contributed by atoms with Crippen molar-refractivity contribution in [2.45, 2.75) is 42.2 Å². The number of aromatic nitrogens is 3. The minimum atomic E-state index is -3.64.